The molecule has 1 aliphatic heterocycles. The van der Waals surface area contributed by atoms with Crippen molar-refractivity contribution >= 4 is 40.5 Å². The summed E-state index contributed by atoms with van der Waals surface area (Å²) in [5.74, 6) is -4.74. The molecule has 4 aromatic rings. The Morgan fingerprint density at radius 3 is 2.12 bits per heavy atom. The third-order valence-corrected chi connectivity index (χ3v) is 8.46. The number of aromatic amines is 1. The minimum Gasteiger partial charge on any atom is -0.508 e. The number of halogens is 3. The van der Waals surface area contributed by atoms with Crippen LogP contribution in [0.4, 0.5) is 13.2 Å². The van der Waals surface area contributed by atoms with E-state index < -0.39 is 54.0 Å². The summed E-state index contributed by atoms with van der Waals surface area (Å²) < 4.78 is 31.7. The number of carbonyl (C=O) groups excluding carboxylic acids is 4. The number of benzene rings is 3. The number of likely N-dealkylation sites (tertiary alicyclic amines) is 1. The highest BCUT2D eigenvalue weighted by atomic mass is 19.4. The van der Waals surface area contributed by atoms with Crippen LogP contribution in [0.1, 0.15) is 29.5 Å². The molecule has 9 N–H and O–H groups in total. The number of aliphatic carboxylic acids is 1. The molecule has 5 rings (SSSR count). The Morgan fingerprint density at radius 1 is 0.865 bits per heavy atom. The van der Waals surface area contributed by atoms with E-state index in [2.05, 4.69) is 15.6 Å². The second kappa shape index (κ2) is 17.4. The summed E-state index contributed by atoms with van der Waals surface area (Å²) >= 11 is 0. The highest BCUT2D eigenvalue weighted by Gasteiger charge is 2.39. The van der Waals surface area contributed by atoms with Crippen molar-refractivity contribution in [1.29, 1.82) is 0 Å². The van der Waals surface area contributed by atoms with Gasteiger partial charge in [-0.2, -0.15) is 13.2 Å². The number of hydrogen-bond donors (Lipinski definition) is 7. The molecule has 4 atom stereocenters. The van der Waals surface area contributed by atoms with Crippen LogP contribution in [0.2, 0.25) is 0 Å². The Bertz CT molecular complexity index is 1870. The molecule has 0 spiro atoms. The molecule has 0 bridgehead atoms. The van der Waals surface area contributed by atoms with Gasteiger partial charge in [0.25, 0.3) is 0 Å². The molecule has 1 fully saturated rings. The van der Waals surface area contributed by atoms with Crippen LogP contribution < -0.4 is 22.1 Å². The lowest BCUT2D eigenvalue weighted by Crippen LogP contribution is -2.58. The first-order valence-electron chi connectivity index (χ1n) is 16.3. The molecule has 0 aliphatic carbocycles. The average Bonchev–Trinajstić information content (AvgIpc) is 3.76. The number of carboxylic acid groups (broad SMARTS) is 1. The lowest BCUT2D eigenvalue weighted by atomic mass is 10.0. The van der Waals surface area contributed by atoms with Crippen molar-refractivity contribution < 1.29 is 47.4 Å². The van der Waals surface area contributed by atoms with Crippen LogP contribution in [-0.2, 0) is 43.2 Å². The number of carbonyl (C=O) groups is 5. The van der Waals surface area contributed by atoms with E-state index in [1.165, 1.54) is 17.0 Å². The Morgan fingerprint density at radius 2 is 1.48 bits per heavy atom. The minimum absolute atomic E-state index is 0.114. The van der Waals surface area contributed by atoms with E-state index in [9.17, 15) is 37.5 Å². The van der Waals surface area contributed by atoms with Gasteiger partial charge in [-0.3, -0.25) is 19.2 Å². The monoisotopic (exact) mass is 724 g/mol. The van der Waals surface area contributed by atoms with Crippen molar-refractivity contribution in [2.24, 2.45) is 11.5 Å². The quantitative estimate of drug-likeness (QED) is 0.115. The number of phenolic OH excluding ortho intramolecular Hbond substituents is 1. The Kier molecular flexibility index (Phi) is 13.0. The third kappa shape index (κ3) is 10.6. The summed E-state index contributed by atoms with van der Waals surface area (Å²) in [5, 5.41) is 23.2. The van der Waals surface area contributed by atoms with E-state index in [1.54, 1.807) is 18.3 Å². The van der Waals surface area contributed by atoms with Gasteiger partial charge in [0, 0.05) is 36.5 Å². The molecule has 0 unspecified atom stereocenters. The summed E-state index contributed by atoms with van der Waals surface area (Å²) in [6.07, 6.45) is -1.69. The topological polar surface area (TPSA) is 221 Å². The van der Waals surface area contributed by atoms with Gasteiger partial charge >= 0.3 is 12.1 Å². The van der Waals surface area contributed by atoms with Gasteiger partial charge in [-0.15, -0.1) is 0 Å². The number of rotatable bonds is 12. The molecule has 2 heterocycles. The summed E-state index contributed by atoms with van der Waals surface area (Å²) in [6.45, 7) is 0.361. The predicted molar refractivity (Wildman–Crippen MR) is 183 cm³/mol. The highest BCUT2D eigenvalue weighted by Crippen LogP contribution is 2.22. The van der Waals surface area contributed by atoms with Gasteiger partial charge in [0.15, 0.2) is 0 Å². The Hall–Kier alpha value is -5.90. The Balaban J connectivity index is 0.000000785. The number of alkyl halides is 3. The number of nitrogens with two attached hydrogens (primary N) is 2. The van der Waals surface area contributed by atoms with E-state index in [1.807, 2.05) is 54.6 Å². The van der Waals surface area contributed by atoms with Crippen LogP contribution in [0, 0.1) is 0 Å². The number of hydrogen-bond acceptors (Lipinski definition) is 7. The fourth-order valence-corrected chi connectivity index (χ4v) is 5.83. The maximum Gasteiger partial charge on any atom is 0.490 e. The second-order valence-electron chi connectivity index (χ2n) is 12.2. The predicted octanol–water partition coefficient (Wildman–Crippen LogP) is 2.31. The molecule has 1 saturated heterocycles. The molecule has 1 aromatic heterocycles. The summed E-state index contributed by atoms with van der Waals surface area (Å²) in [5.41, 5.74) is 15.2. The maximum absolute atomic E-state index is 13.7. The van der Waals surface area contributed by atoms with E-state index in [0.717, 1.165) is 27.6 Å². The van der Waals surface area contributed by atoms with Crippen LogP contribution in [0.15, 0.2) is 85.1 Å². The molecular formula is C36H39F3N6O7. The number of primary amides is 1. The van der Waals surface area contributed by atoms with Gasteiger partial charge in [0.1, 0.15) is 23.9 Å². The van der Waals surface area contributed by atoms with E-state index >= 15 is 0 Å². The lowest BCUT2D eigenvalue weighted by Gasteiger charge is -2.29. The lowest BCUT2D eigenvalue weighted by molar-refractivity contribution is -0.192. The van der Waals surface area contributed by atoms with Crippen molar-refractivity contribution in [3.8, 4) is 5.75 Å². The smallest absolute Gasteiger partial charge is 0.490 e. The van der Waals surface area contributed by atoms with Gasteiger partial charge in [-0.25, -0.2) is 4.79 Å². The first-order chi connectivity index (χ1) is 24.6. The van der Waals surface area contributed by atoms with Crippen LogP contribution in [0.5, 0.6) is 5.75 Å². The second-order valence-corrected chi connectivity index (χ2v) is 12.2. The molecule has 3 aromatic carbocycles. The van der Waals surface area contributed by atoms with Gasteiger partial charge in [-0.1, -0.05) is 60.7 Å². The number of para-hydroxylation sites is 1. The molecule has 0 saturated carbocycles. The SMILES string of the molecule is NC(=O)[C@@H](Cc1ccccc1)NC(=O)[C@@H](Cc1c[nH]c2ccccc12)NC(=O)[C@H]1CCCN1C(=O)[C@H](N)Cc1ccc(O)cc1.O=C(O)C(F)(F)F. The number of aromatic hydroxyl groups is 1. The van der Waals surface area contributed by atoms with Crippen LogP contribution >= 0.6 is 0 Å². The molecular weight excluding hydrogens is 685 g/mol. The molecule has 276 valence electrons. The third-order valence-electron chi connectivity index (χ3n) is 8.46. The molecule has 52 heavy (non-hydrogen) atoms. The number of aromatic nitrogens is 1. The number of nitrogens with one attached hydrogen (secondary N) is 3. The van der Waals surface area contributed by atoms with Crippen LogP contribution in [-0.4, -0.2) is 86.6 Å². The number of carboxylic acids is 1. The van der Waals surface area contributed by atoms with Gasteiger partial charge in [0.2, 0.25) is 23.6 Å². The number of H-pyrrole nitrogens is 1. The fourth-order valence-electron chi connectivity index (χ4n) is 5.83. The molecule has 4 amide bonds. The summed E-state index contributed by atoms with van der Waals surface area (Å²) in [6, 6.07) is 19.5. The first-order valence-corrected chi connectivity index (χ1v) is 16.3. The summed E-state index contributed by atoms with van der Waals surface area (Å²) in [4.78, 5) is 66.8. The van der Waals surface area contributed by atoms with Crippen molar-refractivity contribution in [3.05, 3.63) is 102 Å². The molecule has 13 nitrogen and oxygen atoms in total. The van der Waals surface area contributed by atoms with Gasteiger partial charge in [-0.05, 0) is 54.2 Å². The van der Waals surface area contributed by atoms with Crippen molar-refractivity contribution in [2.75, 3.05) is 6.54 Å². The number of phenols is 1. The number of fused-ring (bicyclic) bond motifs is 1. The molecule has 1 aliphatic rings. The van der Waals surface area contributed by atoms with Crippen molar-refractivity contribution in [1.82, 2.24) is 20.5 Å². The Labute approximate surface area is 296 Å². The van der Waals surface area contributed by atoms with E-state index in [-0.39, 0.29) is 30.9 Å². The molecule has 0 radical (unpaired) electrons. The summed E-state index contributed by atoms with van der Waals surface area (Å²) in [7, 11) is 0. The zero-order chi connectivity index (χ0) is 38.0. The van der Waals surface area contributed by atoms with Crippen molar-refractivity contribution in [3.63, 3.8) is 0 Å². The van der Waals surface area contributed by atoms with E-state index in [4.69, 9.17) is 21.4 Å². The van der Waals surface area contributed by atoms with E-state index in [0.29, 0.717) is 19.4 Å². The zero-order valence-corrected chi connectivity index (χ0v) is 27.8. The number of nitrogens with zero attached hydrogens (tertiary/aromatic N) is 1. The largest absolute Gasteiger partial charge is 0.508 e. The van der Waals surface area contributed by atoms with Crippen LogP contribution in [0.3, 0.4) is 0 Å². The standard InChI is InChI=1S/C34H38N6O5.C2HF3O2/c35-26(17-22-12-14-24(41)15-13-22)34(45)40-16-6-11-30(40)33(44)39-29(19-23-20-37-27-10-5-4-9-25(23)27)32(43)38-28(31(36)42)18-21-7-2-1-3-8-21;3-2(4,5)1(6)7/h1-5,7-10,12-15,20,26,28-30,37,41H,6,11,16-19,35H2,(H2,36,42)(H,38,43)(H,39,44);(H,6,7)/t26-,28-,29-,30-;/m1./s1. The normalized spacial score (nSPS) is 15.8. The van der Waals surface area contributed by atoms with Crippen molar-refractivity contribution in [2.45, 2.75) is 62.4 Å². The first kappa shape index (κ1) is 38.9. The van der Waals surface area contributed by atoms with Crippen LogP contribution in [0.25, 0.3) is 10.9 Å². The minimum atomic E-state index is -5.08. The highest BCUT2D eigenvalue weighted by molar-refractivity contribution is 5.95. The number of amides is 4. The maximum atomic E-state index is 13.7. The molecule has 16 heteroatoms. The fraction of sp³-hybridized carbons (Fsp3) is 0.306. The van der Waals surface area contributed by atoms with Gasteiger partial charge < -0.3 is 42.2 Å². The average molecular weight is 725 g/mol. The zero-order valence-electron chi connectivity index (χ0n) is 27.8. The van der Waals surface area contributed by atoms with Gasteiger partial charge in [0.05, 0.1) is 6.04 Å².